The Morgan fingerprint density at radius 2 is 1.75 bits per heavy atom. The predicted molar refractivity (Wildman–Crippen MR) is 51.1 cm³/mol. The molecule has 0 atom stereocenters. The number of halogens is 2. The Labute approximate surface area is 80.8 Å². The first-order valence-electron chi connectivity index (χ1n) is 3.19. The Bertz CT molecular complexity index is 343. The summed E-state index contributed by atoms with van der Waals surface area (Å²) < 4.78 is 0. The van der Waals surface area contributed by atoms with Crippen molar-refractivity contribution in [3.05, 3.63) is 40.4 Å². The fourth-order valence-electron chi connectivity index (χ4n) is 0.793. The molecular weight excluding hydrogens is 193 g/mol. The third-order valence-electron chi connectivity index (χ3n) is 1.35. The van der Waals surface area contributed by atoms with E-state index in [0.717, 1.165) is 0 Å². The van der Waals surface area contributed by atoms with Gasteiger partial charge >= 0.3 is 0 Å². The van der Waals surface area contributed by atoms with Crippen LogP contribution in [0.1, 0.15) is 5.56 Å². The van der Waals surface area contributed by atoms with Crippen molar-refractivity contribution in [1.29, 1.82) is 5.26 Å². The van der Waals surface area contributed by atoms with Crippen LogP contribution < -0.4 is 0 Å². The summed E-state index contributed by atoms with van der Waals surface area (Å²) >= 11 is 11.4. The Kier molecular flexibility index (Phi) is 2.75. The van der Waals surface area contributed by atoms with Gasteiger partial charge in [-0.3, -0.25) is 0 Å². The van der Waals surface area contributed by atoms with Crippen LogP contribution in [-0.4, -0.2) is 0 Å². The summed E-state index contributed by atoms with van der Waals surface area (Å²) in [7, 11) is 0. The van der Waals surface area contributed by atoms with E-state index in [0.29, 0.717) is 21.2 Å². The molecule has 0 radical (unpaired) electrons. The number of allylic oxidation sites excluding steroid dienone is 1. The van der Waals surface area contributed by atoms with Gasteiger partial charge in [-0.15, -0.1) is 0 Å². The fraction of sp³-hybridized carbons (Fsp3) is 0. The molecule has 0 amide bonds. The van der Waals surface area contributed by atoms with E-state index in [2.05, 4.69) is 6.58 Å². The zero-order valence-corrected chi connectivity index (χ0v) is 7.65. The quantitative estimate of drug-likeness (QED) is 0.633. The summed E-state index contributed by atoms with van der Waals surface area (Å²) in [4.78, 5) is 0. The minimum Gasteiger partial charge on any atom is -0.192 e. The molecule has 0 aliphatic heterocycles. The number of rotatable bonds is 1. The molecule has 60 valence electrons. The first-order valence-corrected chi connectivity index (χ1v) is 3.94. The van der Waals surface area contributed by atoms with Crippen molar-refractivity contribution in [2.75, 3.05) is 0 Å². The highest BCUT2D eigenvalue weighted by atomic mass is 35.5. The lowest BCUT2D eigenvalue weighted by atomic mass is 10.1. The monoisotopic (exact) mass is 197 g/mol. The highest BCUT2D eigenvalue weighted by Gasteiger charge is 2.00. The van der Waals surface area contributed by atoms with E-state index in [1.54, 1.807) is 18.2 Å². The van der Waals surface area contributed by atoms with E-state index in [9.17, 15) is 0 Å². The van der Waals surface area contributed by atoms with Crippen molar-refractivity contribution >= 4 is 28.8 Å². The van der Waals surface area contributed by atoms with Gasteiger partial charge in [0.1, 0.15) is 0 Å². The molecule has 1 nitrogen and oxygen atoms in total. The van der Waals surface area contributed by atoms with E-state index in [-0.39, 0.29) is 0 Å². The van der Waals surface area contributed by atoms with Crippen molar-refractivity contribution in [2.45, 2.75) is 0 Å². The summed E-state index contributed by atoms with van der Waals surface area (Å²) in [6, 6.07) is 6.84. The molecule has 0 aliphatic carbocycles. The normalized spacial score (nSPS) is 9.08. The first kappa shape index (κ1) is 9.12. The molecule has 0 N–H and O–H groups in total. The fourth-order valence-corrected chi connectivity index (χ4v) is 1.32. The van der Waals surface area contributed by atoms with E-state index in [4.69, 9.17) is 28.5 Å². The first-order chi connectivity index (χ1) is 5.63. The van der Waals surface area contributed by atoms with E-state index >= 15 is 0 Å². The molecule has 0 heterocycles. The maximum absolute atomic E-state index is 8.53. The van der Waals surface area contributed by atoms with Crippen LogP contribution in [-0.2, 0) is 0 Å². The Morgan fingerprint density at radius 1 is 1.25 bits per heavy atom. The number of benzene rings is 1. The van der Waals surface area contributed by atoms with Gasteiger partial charge in [-0.1, -0.05) is 29.8 Å². The lowest BCUT2D eigenvalue weighted by molar-refractivity contribution is 1.52. The molecule has 0 aromatic heterocycles. The standard InChI is InChI=1S/C9H5Cl2N/c1-6(5-12)7-2-8(10)4-9(11)3-7/h2-4H,1H2. The van der Waals surface area contributed by atoms with Crippen LogP contribution in [0.3, 0.4) is 0 Å². The predicted octanol–water partition coefficient (Wildman–Crippen LogP) is 3.53. The highest BCUT2D eigenvalue weighted by molar-refractivity contribution is 6.34. The average Bonchev–Trinajstić information content (AvgIpc) is 2.01. The smallest absolute Gasteiger partial charge is 0.0991 e. The van der Waals surface area contributed by atoms with Crippen LogP contribution >= 0.6 is 23.2 Å². The molecule has 0 unspecified atom stereocenters. The van der Waals surface area contributed by atoms with Gasteiger partial charge in [0.2, 0.25) is 0 Å². The zero-order chi connectivity index (χ0) is 9.14. The van der Waals surface area contributed by atoms with Crippen LogP contribution in [0.5, 0.6) is 0 Å². The number of nitrogens with zero attached hydrogens (tertiary/aromatic N) is 1. The molecule has 12 heavy (non-hydrogen) atoms. The summed E-state index contributed by atoms with van der Waals surface area (Å²) in [5.41, 5.74) is 1.02. The summed E-state index contributed by atoms with van der Waals surface area (Å²) in [6.45, 7) is 3.55. The Morgan fingerprint density at radius 3 is 2.17 bits per heavy atom. The molecule has 0 bridgehead atoms. The van der Waals surface area contributed by atoms with Gasteiger partial charge in [0.25, 0.3) is 0 Å². The van der Waals surface area contributed by atoms with Crippen LogP contribution in [0.15, 0.2) is 24.8 Å². The maximum atomic E-state index is 8.53. The lowest BCUT2D eigenvalue weighted by Crippen LogP contribution is -1.79. The SMILES string of the molecule is C=C(C#N)c1cc(Cl)cc(Cl)c1. The van der Waals surface area contributed by atoms with E-state index < -0.39 is 0 Å². The second-order valence-corrected chi connectivity index (χ2v) is 3.12. The van der Waals surface area contributed by atoms with Crippen molar-refractivity contribution in [3.63, 3.8) is 0 Å². The molecule has 1 aromatic carbocycles. The topological polar surface area (TPSA) is 23.8 Å². The molecule has 1 rings (SSSR count). The van der Waals surface area contributed by atoms with E-state index in [1.165, 1.54) is 0 Å². The minimum atomic E-state index is 0.361. The molecule has 1 aromatic rings. The van der Waals surface area contributed by atoms with Crippen molar-refractivity contribution in [1.82, 2.24) is 0 Å². The second-order valence-electron chi connectivity index (χ2n) is 2.25. The summed E-state index contributed by atoms with van der Waals surface area (Å²) in [5, 5.41) is 9.55. The maximum Gasteiger partial charge on any atom is 0.0991 e. The van der Waals surface area contributed by atoms with Gasteiger partial charge < -0.3 is 0 Å². The van der Waals surface area contributed by atoms with Gasteiger partial charge in [-0.05, 0) is 23.8 Å². The van der Waals surface area contributed by atoms with Crippen LogP contribution in [0, 0.1) is 11.3 Å². The van der Waals surface area contributed by atoms with Gasteiger partial charge in [0.05, 0.1) is 11.6 Å². The molecular formula is C9H5Cl2N. The van der Waals surface area contributed by atoms with Gasteiger partial charge in [-0.25, -0.2) is 0 Å². The number of nitriles is 1. The summed E-state index contributed by atoms with van der Waals surface area (Å²) in [6.07, 6.45) is 0. The van der Waals surface area contributed by atoms with Gasteiger partial charge in [0, 0.05) is 10.0 Å². The average molecular weight is 198 g/mol. The molecule has 0 fully saturated rings. The molecule has 0 aliphatic rings. The zero-order valence-electron chi connectivity index (χ0n) is 6.14. The second kappa shape index (κ2) is 3.62. The van der Waals surface area contributed by atoms with Crippen LogP contribution in [0.4, 0.5) is 0 Å². The largest absolute Gasteiger partial charge is 0.192 e. The Hall–Kier alpha value is -0.970. The third kappa shape index (κ3) is 2.01. The summed E-state index contributed by atoms with van der Waals surface area (Å²) in [5.74, 6) is 0. The van der Waals surface area contributed by atoms with Crippen molar-refractivity contribution in [2.24, 2.45) is 0 Å². The number of hydrogen-bond donors (Lipinski definition) is 0. The van der Waals surface area contributed by atoms with Crippen LogP contribution in [0.2, 0.25) is 10.0 Å². The van der Waals surface area contributed by atoms with E-state index in [1.807, 2.05) is 6.07 Å². The molecule has 0 saturated carbocycles. The molecule has 3 heteroatoms. The van der Waals surface area contributed by atoms with Crippen molar-refractivity contribution in [3.8, 4) is 6.07 Å². The van der Waals surface area contributed by atoms with Gasteiger partial charge in [0.15, 0.2) is 0 Å². The van der Waals surface area contributed by atoms with Gasteiger partial charge in [-0.2, -0.15) is 5.26 Å². The minimum absolute atomic E-state index is 0.361. The third-order valence-corrected chi connectivity index (χ3v) is 1.78. The molecule has 0 saturated heterocycles. The van der Waals surface area contributed by atoms with Crippen LogP contribution in [0.25, 0.3) is 5.57 Å². The van der Waals surface area contributed by atoms with Crippen molar-refractivity contribution < 1.29 is 0 Å². The lowest BCUT2D eigenvalue weighted by Gasteiger charge is -1.98. The molecule has 0 spiro atoms. The Balaban J connectivity index is 3.19. The highest BCUT2D eigenvalue weighted by Crippen LogP contribution is 2.22. The number of hydrogen-bond acceptors (Lipinski definition) is 1.